The number of halogens is 2. The van der Waals surface area contributed by atoms with Crippen LogP contribution in [-0.4, -0.2) is 17.6 Å². The van der Waals surface area contributed by atoms with Gasteiger partial charge in [-0.1, -0.05) is 11.6 Å². The number of hydrogen-bond donors (Lipinski definition) is 3. The average Bonchev–Trinajstić information content (AvgIpc) is 2.57. The summed E-state index contributed by atoms with van der Waals surface area (Å²) >= 11 is 10.7. The molecule has 0 radical (unpaired) electrons. The largest absolute Gasteiger partial charge is 0.494 e. The van der Waals surface area contributed by atoms with Crippen LogP contribution in [0.2, 0.25) is 5.02 Å². The minimum atomic E-state index is -0.523. The molecule has 5 nitrogen and oxygen atoms in total. The summed E-state index contributed by atoms with van der Waals surface area (Å²) in [5.41, 5.74) is 5.95. The molecule has 24 heavy (non-hydrogen) atoms. The summed E-state index contributed by atoms with van der Waals surface area (Å²) in [7, 11) is 0. The topological polar surface area (TPSA) is 62.4 Å². The lowest BCUT2D eigenvalue weighted by Crippen LogP contribution is -2.43. The van der Waals surface area contributed by atoms with E-state index in [4.69, 9.17) is 28.6 Å². The number of amides is 1. The van der Waals surface area contributed by atoms with Crippen LogP contribution >= 0.6 is 23.8 Å². The van der Waals surface area contributed by atoms with Crippen LogP contribution in [0, 0.1) is 5.82 Å². The Labute approximate surface area is 149 Å². The third kappa shape index (κ3) is 5.07. The van der Waals surface area contributed by atoms with Gasteiger partial charge in [0, 0.05) is 11.3 Å². The molecule has 0 spiro atoms. The number of anilines is 1. The number of benzene rings is 2. The molecule has 0 fully saturated rings. The Bertz CT molecular complexity index is 741. The molecule has 126 valence electrons. The Morgan fingerprint density at radius 1 is 1.21 bits per heavy atom. The zero-order valence-corrected chi connectivity index (χ0v) is 14.3. The molecule has 0 bridgehead atoms. The molecule has 0 saturated carbocycles. The first kappa shape index (κ1) is 18.0. The highest BCUT2D eigenvalue weighted by molar-refractivity contribution is 7.80. The van der Waals surface area contributed by atoms with E-state index in [0.29, 0.717) is 23.6 Å². The molecule has 0 aromatic heterocycles. The minimum absolute atomic E-state index is 0.0266. The van der Waals surface area contributed by atoms with Crippen LogP contribution in [0.15, 0.2) is 42.5 Å². The predicted octanol–water partition coefficient (Wildman–Crippen LogP) is 3.51. The zero-order chi connectivity index (χ0) is 17.5. The Balaban J connectivity index is 1.86. The van der Waals surface area contributed by atoms with Gasteiger partial charge in [-0.2, -0.15) is 0 Å². The van der Waals surface area contributed by atoms with Crippen LogP contribution in [-0.2, 0) is 0 Å². The number of rotatable bonds is 4. The van der Waals surface area contributed by atoms with Crippen molar-refractivity contribution in [2.24, 2.45) is 0 Å². The van der Waals surface area contributed by atoms with Gasteiger partial charge in [-0.05, 0) is 61.6 Å². The molecule has 8 heteroatoms. The summed E-state index contributed by atoms with van der Waals surface area (Å²) in [6.45, 7) is 2.44. The fourth-order valence-corrected chi connectivity index (χ4v) is 2.14. The molecule has 3 N–H and O–H groups in total. The van der Waals surface area contributed by atoms with Crippen molar-refractivity contribution < 1.29 is 13.9 Å². The van der Waals surface area contributed by atoms with Crippen LogP contribution in [0.3, 0.4) is 0 Å². The number of carbonyl (C=O) groups is 1. The molecule has 2 aromatic carbocycles. The van der Waals surface area contributed by atoms with Gasteiger partial charge in [0.15, 0.2) is 5.11 Å². The third-order valence-electron chi connectivity index (χ3n) is 2.89. The lowest BCUT2D eigenvalue weighted by Gasteiger charge is -2.12. The van der Waals surface area contributed by atoms with E-state index in [0.717, 1.165) is 0 Å². The van der Waals surface area contributed by atoms with Gasteiger partial charge in [0.1, 0.15) is 11.6 Å². The molecule has 2 rings (SSSR count). The van der Waals surface area contributed by atoms with Crippen LogP contribution in [0.1, 0.15) is 17.3 Å². The second-order valence-electron chi connectivity index (χ2n) is 4.62. The van der Waals surface area contributed by atoms with Gasteiger partial charge in [0.2, 0.25) is 0 Å². The first-order chi connectivity index (χ1) is 11.5. The fourth-order valence-electron chi connectivity index (χ4n) is 1.79. The molecular weight excluding hydrogens is 353 g/mol. The molecule has 0 unspecified atom stereocenters. The van der Waals surface area contributed by atoms with E-state index >= 15 is 0 Å². The lowest BCUT2D eigenvalue weighted by molar-refractivity contribution is 0.0944. The maximum absolute atomic E-state index is 13.1. The highest BCUT2D eigenvalue weighted by Crippen LogP contribution is 2.19. The molecular formula is C16H15ClFN3O2S. The van der Waals surface area contributed by atoms with Crippen LogP contribution in [0.5, 0.6) is 5.75 Å². The van der Waals surface area contributed by atoms with Crippen LogP contribution < -0.4 is 20.9 Å². The molecule has 0 saturated heterocycles. The van der Waals surface area contributed by atoms with E-state index in [1.165, 1.54) is 18.2 Å². The first-order valence-electron chi connectivity index (χ1n) is 7.05. The van der Waals surface area contributed by atoms with Gasteiger partial charge in [-0.25, -0.2) is 4.39 Å². The van der Waals surface area contributed by atoms with Crippen molar-refractivity contribution >= 4 is 40.5 Å². The normalized spacial score (nSPS) is 9.96. The zero-order valence-electron chi connectivity index (χ0n) is 12.7. The highest BCUT2D eigenvalue weighted by atomic mass is 35.5. The molecule has 0 aliphatic carbocycles. The van der Waals surface area contributed by atoms with Gasteiger partial charge in [0.25, 0.3) is 5.91 Å². The van der Waals surface area contributed by atoms with Crippen molar-refractivity contribution in [2.75, 3.05) is 11.9 Å². The van der Waals surface area contributed by atoms with E-state index < -0.39 is 5.82 Å². The fraction of sp³-hybridized carbons (Fsp3) is 0.125. The number of carbonyl (C=O) groups excluding carboxylic acids is 1. The number of hydrazine groups is 1. The van der Waals surface area contributed by atoms with Gasteiger partial charge >= 0.3 is 0 Å². The smallest absolute Gasteiger partial charge is 0.269 e. The minimum Gasteiger partial charge on any atom is -0.494 e. The van der Waals surface area contributed by atoms with Crippen LogP contribution in [0.4, 0.5) is 10.1 Å². The van der Waals surface area contributed by atoms with Crippen molar-refractivity contribution in [1.82, 2.24) is 10.9 Å². The Hall–Kier alpha value is -2.38. The Morgan fingerprint density at radius 2 is 1.92 bits per heavy atom. The highest BCUT2D eigenvalue weighted by Gasteiger charge is 2.07. The number of hydrogen-bond acceptors (Lipinski definition) is 3. The van der Waals surface area contributed by atoms with E-state index in [-0.39, 0.29) is 16.0 Å². The van der Waals surface area contributed by atoms with Crippen molar-refractivity contribution in [3.8, 4) is 5.75 Å². The number of nitrogens with one attached hydrogen (secondary N) is 3. The number of thiocarbonyl (C=S) groups is 1. The van der Waals surface area contributed by atoms with E-state index in [9.17, 15) is 9.18 Å². The summed E-state index contributed by atoms with van der Waals surface area (Å²) in [4.78, 5) is 12.0. The standard InChI is InChI=1S/C16H15ClFN3O2S/c1-2-23-12-6-3-10(4-7-12)15(22)20-21-16(24)19-11-5-8-14(18)13(17)9-11/h3-9H,2H2,1H3,(H,20,22)(H2,19,21,24). The SMILES string of the molecule is CCOc1ccc(C(=O)NNC(=S)Nc2ccc(F)c(Cl)c2)cc1. The first-order valence-corrected chi connectivity index (χ1v) is 7.83. The predicted molar refractivity (Wildman–Crippen MR) is 95.8 cm³/mol. The molecule has 0 atom stereocenters. The second kappa shape index (κ2) is 8.47. The molecule has 0 aliphatic heterocycles. The van der Waals surface area contributed by atoms with E-state index in [1.807, 2.05) is 6.92 Å². The molecule has 0 heterocycles. The summed E-state index contributed by atoms with van der Waals surface area (Å²) in [5, 5.41) is 2.89. The third-order valence-corrected chi connectivity index (χ3v) is 3.39. The molecule has 2 aromatic rings. The average molecular weight is 368 g/mol. The van der Waals surface area contributed by atoms with Gasteiger partial charge in [0.05, 0.1) is 11.6 Å². The summed E-state index contributed by atoms with van der Waals surface area (Å²) < 4.78 is 18.4. The molecule has 0 aliphatic rings. The Kier molecular flexibility index (Phi) is 6.34. The van der Waals surface area contributed by atoms with Gasteiger partial charge in [-0.15, -0.1) is 0 Å². The maximum atomic E-state index is 13.1. The van der Waals surface area contributed by atoms with Crippen molar-refractivity contribution in [1.29, 1.82) is 0 Å². The maximum Gasteiger partial charge on any atom is 0.269 e. The Morgan fingerprint density at radius 3 is 2.54 bits per heavy atom. The quantitative estimate of drug-likeness (QED) is 0.570. The van der Waals surface area contributed by atoms with Crippen molar-refractivity contribution in [2.45, 2.75) is 6.92 Å². The van der Waals surface area contributed by atoms with Crippen LogP contribution in [0.25, 0.3) is 0 Å². The summed E-state index contributed by atoms with van der Waals surface area (Å²) in [5.74, 6) is -0.198. The summed E-state index contributed by atoms with van der Waals surface area (Å²) in [6, 6.07) is 10.8. The second-order valence-corrected chi connectivity index (χ2v) is 5.43. The monoisotopic (exact) mass is 367 g/mol. The van der Waals surface area contributed by atoms with Crippen molar-refractivity contribution in [3.05, 3.63) is 58.9 Å². The van der Waals surface area contributed by atoms with Crippen molar-refractivity contribution in [3.63, 3.8) is 0 Å². The van der Waals surface area contributed by atoms with E-state index in [1.54, 1.807) is 24.3 Å². The van der Waals surface area contributed by atoms with E-state index in [2.05, 4.69) is 16.2 Å². The number of ether oxygens (including phenoxy) is 1. The van der Waals surface area contributed by atoms with Gasteiger partial charge < -0.3 is 10.1 Å². The lowest BCUT2D eigenvalue weighted by atomic mass is 10.2. The molecule has 1 amide bonds. The summed E-state index contributed by atoms with van der Waals surface area (Å²) in [6.07, 6.45) is 0. The van der Waals surface area contributed by atoms with Gasteiger partial charge in [-0.3, -0.25) is 15.6 Å².